The maximum absolute atomic E-state index is 7.09. The van der Waals surface area contributed by atoms with Crippen LogP contribution >= 0.6 is 0 Å². The second kappa shape index (κ2) is 14.1. The Bertz CT molecular complexity index is 3370. The van der Waals surface area contributed by atoms with Crippen LogP contribution in [0, 0.1) is 0 Å². The van der Waals surface area contributed by atoms with Gasteiger partial charge in [-0.3, -0.25) is 9.97 Å². The van der Waals surface area contributed by atoms with Gasteiger partial charge in [-0.25, -0.2) is 0 Å². The largest absolute Gasteiger partial charge is 0.458 e. The third-order valence-electron chi connectivity index (χ3n) is 12.7. The van der Waals surface area contributed by atoms with Gasteiger partial charge >= 0.3 is 0 Å². The minimum atomic E-state index is -0.199. The zero-order valence-electron chi connectivity index (χ0n) is 33.9. The van der Waals surface area contributed by atoms with E-state index < -0.39 is 0 Å². The van der Waals surface area contributed by atoms with E-state index in [9.17, 15) is 0 Å². The molecule has 0 saturated heterocycles. The molecule has 0 radical (unpaired) electrons. The summed E-state index contributed by atoms with van der Waals surface area (Å²) in [5, 5.41) is 9.04. The molecule has 0 atom stereocenters. The zero-order valence-corrected chi connectivity index (χ0v) is 33.9. The van der Waals surface area contributed by atoms with Crippen molar-refractivity contribution in [3.05, 3.63) is 213 Å². The van der Waals surface area contributed by atoms with Crippen molar-refractivity contribution in [2.75, 3.05) is 9.80 Å². The minimum absolute atomic E-state index is 0.199. The van der Waals surface area contributed by atoms with Crippen molar-refractivity contribution >= 4 is 100 Å². The molecule has 0 saturated carbocycles. The van der Waals surface area contributed by atoms with Crippen LogP contribution in [0.2, 0.25) is 0 Å². The molecule has 0 fully saturated rings. The maximum Gasteiger partial charge on any atom is 0.262 e. The molecular formula is C56H35BN4O2. The number of hydrogen-bond donors (Lipinski definition) is 0. The number of benzene rings is 9. The smallest absolute Gasteiger partial charge is 0.262 e. The van der Waals surface area contributed by atoms with E-state index in [0.717, 1.165) is 117 Å². The van der Waals surface area contributed by atoms with Crippen LogP contribution in [0.25, 0.3) is 43.1 Å². The van der Waals surface area contributed by atoms with Crippen molar-refractivity contribution in [3.8, 4) is 23.0 Å². The van der Waals surface area contributed by atoms with Crippen LogP contribution in [0.15, 0.2) is 213 Å². The monoisotopic (exact) mass is 806 g/mol. The van der Waals surface area contributed by atoms with Crippen LogP contribution < -0.4 is 35.7 Å². The summed E-state index contributed by atoms with van der Waals surface area (Å²) >= 11 is 0. The standard InChI is InChI=1S/C56H35BN4O2/c1-3-20-40-36(14-1)16-9-26-46(40)60(38-18-12-30-58-34-38)48-32-52-54(44-24-7-5-22-42(44)48)57-55-45-25-8-6-23-43(45)49(33-53(55)63-51-29-11-28-50(62-52)56(51)57)61(39-19-13-31-59-35-39)47-27-10-17-37-15-2-4-21-41(37)47/h1-35H. The molecule has 0 unspecified atom stereocenters. The number of rotatable bonds is 6. The number of fused-ring (bicyclic) bond motifs is 10. The number of ether oxygens (including phenoxy) is 2. The van der Waals surface area contributed by atoms with Gasteiger partial charge in [-0.05, 0) is 81.0 Å². The molecule has 2 aliphatic heterocycles. The Morgan fingerprint density at radius 3 is 1.21 bits per heavy atom. The lowest BCUT2D eigenvalue weighted by atomic mass is 9.33. The molecule has 63 heavy (non-hydrogen) atoms. The molecule has 9 aromatic carbocycles. The van der Waals surface area contributed by atoms with E-state index in [2.05, 4.69) is 190 Å². The molecule has 7 heteroatoms. The first kappa shape index (κ1) is 35.4. The van der Waals surface area contributed by atoms with Gasteiger partial charge in [-0.2, -0.15) is 0 Å². The highest BCUT2D eigenvalue weighted by Crippen LogP contribution is 2.48. The van der Waals surface area contributed by atoms with Crippen LogP contribution in [-0.2, 0) is 0 Å². The fraction of sp³-hybridized carbons (Fsp3) is 0. The lowest BCUT2D eigenvalue weighted by Gasteiger charge is -2.37. The SMILES string of the molecule is c1cncc(N(c2cccc3ccccc23)c2cc3c(c4ccccc24)B2c4c(cccc4Oc4cc(N(c5cccnc5)c5cccc6ccccc56)c5ccccc5c42)O3)c1. The Labute approximate surface area is 363 Å². The van der Waals surface area contributed by atoms with Crippen molar-refractivity contribution in [1.82, 2.24) is 9.97 Å². The van der Waals surface area contributed by atoms with Crippen LogP contribution in [-0.4, -0.2) is 16.7 Å². The van der Waals surface area contributed by atoms with Crippen LogP contribution in [0.4, 0.5) is 34.1 Å². The summed E-state index contributed by atoms with van der Waals surface area (Å²) in [7, 11) is 0. The summed E-state index contributed by atoms with van der Waals surface area (Å²) < 4.78 is 14.2. The summed E-state index contributed by atoms with van der Waals surface area (Å²) in [6.45, 7) is -0.199. The first-order valence-corrected chi connectivity index (χ1v) is 21.2. The van der Waals surface area contributed by atoms with Gasteiger partial charge in [-0.1, -0.05) is 127 Å². The van der Waals surface area contributed by atoms with Gasteiger partial charge in [0.15, 0.2) is 0 Å². The number of hydrogen-bond acceptors (Lipinski definition) is 6. The lowest BCUT2D eigenvalue weighted by Crippen LogP contribution is -2.58. The number of nitrogens with zero attached hydrogens (tertiary/aromatic N) is 4. The Balaban J connectivity index is 1.08. The number of aromatic nitrogens is 2. The molecule has 294 valence electrons. The summed E-state index contributed by atoms with van der Waals surface area (Å²) in [4.78, 5) is 13.9. The van der Waals surface area contributed by atoms with Gasteiger partial charge in [0, 0.05) is 51.5 Å². The van der Waals surface area contributed by atoms with E-state index in [1.807, 2.05) is 43.0 Å². The van der Waals surface area contributed by atoms with Gasteiger partial charge in [0.05, 0.1) is 46.5 Å². The van der Waals surface area contributed by atoms with Crippen LogP contribution in [0.1, 0.15) is 0 Å². The highest BCUT2D eigenvalue weighted by molar-refractivity contribution is 7.01. The highest BCUT2D eigenvalue weighted by Gasteiger charge is 2.43. The quantitative estimate of drug-likeness (QED) is 0.156. The van der Waals surface area contributed by atoms with Crippen molar-refractivity contribution < 1.29 is 9.47 Å². The minimum Gasteiger partial charge on any atom is -0.458 e. The van der Waals surface area contributed by atoms with Crippen LogP contribution in [0.5, 0.6) is 23.0 Å². The van der Waals surface area contributed by atoms with Crippen molar-refractivity contribution in [2.24, 2.45) is 0 Å². The highest BCUT2D eigenvalue weighted by atomic mass is 16.5. The Kier molecular flexibility index (Phi) is 7.90. The molecule has 2 aliphatic rings. The fourth-order valence-corrected chi connectivity index (χ4v) is 10.1. The molecule has 0 spiro atoms. The van der Waals surface area contributed by atoms with Crippen LogP contribution in [0.3, 0.4) is 0 Å². The van der Waals surface area contributed by atoms with Gasteiger partial charge in [0.25, 0.3) is 6.71 Å². The van der Waals surface area contributed by atoms with E-state index in [4.69, 9.17) is 9.47 Å². The second-order valence-corrected chi connectivity index (χ2v) is 16.1. The molecule has 6 nitrogen and oxygen atoms in total. The summed E-state index contributed by atoms with van der Waals surface area (Å²) in [6, 6.07) is 66.4. The van der Waals surface area contributed by atoms with E-state index >= 15 is 0 Å². The third-order valence-corrected chi connectivity index (χ3v) is 12.7. The fourth-order valence-electron chi connectivity index (χ4n) is 10.1. The molecule has 0 bridgehead atoms. The Hall–Kier alpha value is -8.42. The molecule has 0 N–H and O–H groups in total. The number of anilines is 6. The zero-order chi connectivity index (χ0) is 41.4. The number of pyridine rings is 2. The average molecular weight is 807 g/mol. The van der Waals surface area contributed by atoms with Gasteiger partial charge in [0.1, 0.15) is 23.0 Å². The molecule has 4 heterocycles. The Morgan fingerprint density at radius 2 is 0.746 bits per heavy atom. The third kappa shape index (κ3) is 5.46. The second-order valence-electron chi connectivity index (χ2n) is 16.1. The topological polar surface area (TPSA) is 50.7 Å². The summed E-state index contributed by atoms with van der Waals surface area (Å²) in [5.74, 6) is 3.19. The average Bonchev–Trinajstić information content (AvgIpc) is 3.35. The lowest BCUT2D eigenvalue weighted by molar-refractivity contribution is 0.465. The van der Waals surface area contributed by atoms with E-state index in [0.29, 0.717) is 0 Å². The summed E-state index contributed by atoms with van der Waals surface area (Å²) in [5.41, 5.74) is 9.29. The van der Waals surface area contributed by atoms with Crippen molar-refractivity contribution in [3.63, 3.8) is 0 Å². The van der Waals surface area contributed by atoms with E-state index in [1.165, 1.54) is 0 Å². The normalized spacial score (nSPS) is 12.3. The first-order chi connectivity index (χ1) is 31.3. The molecule has 13 rings (SSSR count). The molecule has 0 aliphatic carbocycles. The Morgan fingerprint density at radius 1 is 0.333 bits per heavy atom. The maximum atomic E-state index is 7.09. The predicted molar refractivity (Wildman–Crippen MR) is 259 cm³/mol. The van der Waals surface area contributed by atoms with E-state index in [-0.39, 0.29) is 6.71 Å². The van der Waals surface area contributed by atoms with E-state index in [1.54, 1.807) is 0 Å². The summed E-state index contributed by atoms with van der Waals surface area (Å²) in [6.07, 6.45) is 7.52. The molecule has 11 aromatic rings. The van der Waals surface area contributed by atoms with Crippen molar-refractivity contribution in [2.45, 2.75) is 0 Å². The van der Waals surface area contributed by atoms with Gasteiger partial charge in [-0.15, -0.1) is 0 Å². The van der Waals surface area contributed by atoms with Gasteiger partial charge < -0.3 is 19.3 Å². The first-order valence-electron chi connectivity index (χ1n) is 21.2. The van der Waals surface area contributed by atoms with Crippen molar-refractivity contribution in [1.29, 1.82) is 0 Å². The molecular weight excluding hydrogens is 771 g/mol. The molecule has 0 amide bonds. The molecule has 2 aromatic heterocycles. The predicted octanol–water partition coefficient (Wildman–Crippen LogP) is 12.8. The van der Waals surface area contributed by atoms with Gasteiger partial charge in [0.2, 0.25) is 0 Å².